The molecule has 8 aromatic rings. The molecule has 266 valence electrons. The number of para-hydroxylation sites is 3. The van der Waals surface area contributed by atoms with Crippen molar-refractivity contribution in [1.29, 1.82) is 0 Å². The number of pyridine rings is 1. The fourth-order valence-electron chi connectivity index (χ4n) is 5.90. The van der Waals surface area contributed by atoms with Gasteiger partial charge in [-0.25, -0.2) is 24.2 Å². The molecular weight excluding hydrogens is 1040 g/mol. The van der Waals surface area contributed by atoms with Gasteiger partial charge in [-0.3, -0.25) is 11.1 Å². The van der Waals surface area contributed by atoms with Crippen molar-refractivity contribution < 1.29 is 60.8 Å². The molecule has 0 amide bonds. The predicted molar refractivity (Wildman–Crippen MR) is 205 cm³/mol. The summed E-state index contributed by atoms with van der Waals surface area (Å²) in [5, 5.41) is 2.35. The summed E-state index contributed by atoms with van der Waals surface area (Å²) in [6.45, 7) is 0. The van der Waals surface area contributed by atoms with E-state index >= 15 is 0 Å². The molecule has 0 aliphatic carbocycles. The summed E-state index contributed by atoms with van der Waals surface area (Å²) in [5.41, 5.74) is 6.13. The third-order valence-corrected chi connectivity index (χ3v) is 8.34. The summed E-state index contributed by atoms with van der Waals surface area (Å²) in [4.78, 5) is 4.52. The molecule has 6 nitrogen and oxygen atoms in total. The zero-order valence-electron chi connectivity index (χ0n) is 29.2. The van der Waals surface area contributed by atoms with Gasteiger partial charge in [0.05, 0.1) is 11.0 Å². The van der Waals surface area contributed by atoms with E-state index in [1.54, 1.807) is 10.8 Å². The van der Waals surface area contributed by atoms with Crippen LogP contribution in [-0.4, -0.2) is 31.8 Å². The molecule has 0 saturated carbocycles. The van der Waals surface area contributed by atoms with E-state index in [4.69, 9.17) is 15.9 Å². The Balaban J connectivity index is 0.000000253. The number of nitrogens with zero attached hydrogens (tertiary/aromatic N) is 4. The topological polar surface area (TPSA) is 42.3 Å². The Hall–Kier alpha value is -6.07. The Morgan fingerprint density at radius 3 is 1.91 bits per heavy atom. The van der Waals surface area contributed by atoms with Gasteiger partial charge < -0.3 is 25.4 Å². The Bertz CT molecular complexity index is 2710. The Labute approximate surface area is 348 Å². The maximum Gasteiger partial charge on any atom is 4.00 e. The van der Waals surface area contributed by atoms with Crippen molar-refractivity contribution in [3.05, 3.63) is 189 Å². The van der Waals surface area contributed by atoms with E-state index in [2.05, 4.69) is 59.5 Å². The second kappa shape index (κ2) is 17.8. The SMILES string of the molecule is C[N+]1=C=[N+](c2[c-]c(Oc3[c-]c(-c4cc(-c5[c-]c(Oc6[c-]cccc6)ccc5)[c-]cn4)ccc3)ccc2)C=C1.[C-]#Cn1c2ccccc2c2ccccc21.[Pt+2].[Pt+4]. The molecule has 0 spiro atoms. The first kappa shape index (κ1) is 38.6. The predicted octanol–water partition coefficient (Wildman–Crippen LogP) is 10.1. The zero-order chi connectivity index (χ0) is 36.0. The van der Waals surface area contributed by atoms with E-state index in [0.717, 1.165) is 39.1 Å². The smallest absolute Gasteiger partial charge is 0.669 e. The minimum atomic E-state index is 0. The molecule has 8 heteroatoms. The van der Waals surface area contributed by atoms with Crippen molar-refractivity contribution in [2.24, 2.45) is 0 Å². The normalized spacial score (nSPS) is 11.3. The molecule has 0 atom stereocenters. The maximum atomic E-state index is 7.34. The molecule has 2 aromatic heterocycles. The van der Waals surface area contributed by atoms with Gasteiger partial charge in [-0.15, -0.1) is 48.0 Å². The average Bonchev–Trinajstić information content (AvgIpc) is 3.80. The van der Waals surface area contributed by atoms with Crippen LogP contribution in [0.15, 0.2) is 152 Å². The van der Waals surface area contributed by atoms with Gasteiger partial charge in [0.15, 0.2) is 7.05 Å². The number of benzene rings is 6. The van der Waals surface area contributed by atoms with E-state index in [0.29, 0.717) is 23.0 Å². The molecule has 3 heterocycles. The monoisotopic (exact) mass is 1070 g/mol. The number of ether oxygens (including phenoxy) is 2. The second-order valence-electron chi connectivity index (χ2n) is 11.9. The Kier molecular flexibility index (Phi) is 12.5. The standard InChI is InChI=1S/C33H20N3O2.C14H8N.2Pt/c1-35-18-19-36(24-35)28-10-7-15-32(23-28)38-31-14-6-9-27(21-31)33-22-26(16-17-34-33)25-8-5-13-30(20-25)37-29-11-3-2-4-12-29;1-2-15-13-9-5-3-7-11(13)12-8-4-6-10-14(12)15;;/h2-11,13-15,17-19,22H,1H3;3-10H;;/q-3;-1;+2;+4. The number of fused-ring (bicyclic) bond motifs is 3. The Morgan fingerprint density at radius 1 is 0.655 bits per heavy atom. The van der Waals surface area contributed by atoms with Crippen molar-refractivity contribution in [2.45, 2.75) is 0 Å². The van der Waals surface area contributed by atoms with Crippen LogP contribution in [0.5, 0.6) is 23.0 Å². The Morgan fingerprint density at radius 2 is 1.25 bits per heavy atom. The van der Waals surface area contributed by atoms with Crippen LogP contribution in [-0.2, 0) is 42.1 Å². The van der Waals surface area contributed by atoms with Crippen molar-refractivity contribution in [2.75, 3.05) is 7.05 Å². The van der Waals surface area contributed by atoms with Crippen molar-refractivity contribution in [3.8, 4) is 51.4 Å². The van der Waals surface area contributed by atoms with Gasteiger partial charge >= 0.3 is 48.1 Å². The first-order chi connectivity index (χ1) is 26.1. The second-order valence-corrected chi connectivity index (χ2v) is 11.9. The van der Waals surface area contributed by atoms with Gasteiger partial charge in [-0.1, -0.05) is 75.6 Å². The average molecular weight is 1070 g/mol. The molecule has 0 fully saturated rings. The molecule has 0 saturated heterocycles. The number of hydrogen-bond acceptors (Lipinski definition) is 3. The van der Waals surface area contributed by atoms with Crippen LogP contribution in [0, 0.1) is 42.8 Å². The van der Waals surface area contributed by atoms with Crippen molar-refractivity contribution in [3.63, 3.8) is 0 Å². The fourth-order valence-corrected chi connectivity index (χ4v) is 5.90. The number of aromatic nitrogens is 2. The third kappa shape index (κ3) is 8.84. The zero-order valence-corrected chi connectivity index (χ0v) is 33.7. The molecule has 9 rings (SSSR count). The summed E-state index contributed by atoms with van der Waals surface area (Å²) < 4.78 is 17.5. The fraction of sp³-hybridized carbons (Fsp3) is 0.0213. The first-order valence-corrected chi connectivity index (χ1v) is 16.8. The van der Waals surface area contributed by atoms with Crippen LogP contribution in [0.4, 0.5) is 5.69 Å². The van der Waals surface area contributed by atoms with Crippen LogP contribution in [0.2, 0.25) is 0 Å². The number of rotatable bonds is 7. The van der Waals surface area contributed by atoms with Crippen LogP contribution in [0.3, 0.4) is 0 Å². The first-order valence-electron chi connectivity index (χ1n) is 16.8. The summed E-state index contributed by atoms with van der Waals surface area (Å²) in [6.07, 6.45) is 12.8. The molecule has 0 unspecified atom stereocenters. The van der Waals surface area contributed by atoms with Crippen molar-refractivity contribution in [1.82, 2.24) is 9.55 Å². The largest absolute Gasteiger partial charge is 4.00 e. The summed E-state index contributed by atoms with van der Waals surface area (Å²) in [6, 6.07) is 64.6. The number of hydrogen-bond donors (Lipinski definition) is 0. The van der Waals surface area contributed by atoms with Crippen molar-refractivity contribution >= 4 is 33.5 Å². The molecule has 1 aliphatic heterocycles. The van der Waals surface area contributed by atoms with E-state index in [1.807, 2.05) is 150 Å². The minimum absolute atomic E-state index is 0. The van der Waals surface area contributed by atoms with Crippen LogP contribution >= 0.6 is 0 Å². The maximum absolute atomic E-state index is 7.34. The van der Waals surface area contributed by atoms with Gasteiger partial charge in [0.25, 0.3) is 6.20 Å². The molecule has 0 radical (unpaired) electrons. The van der Waals surface area contributed by atoms with E-state index in [9.17, 15) is 0 Å². The van der Waals surface area contributed by atoms with Crippen LogP contribution in [0.25, 0.3) is 44.2 Å². The van der Waals surface area contributed by atoms with Gasteiger partial charge in [-0.05, 0) is 12.1 Å². The summed E-state index contributed by atoms with van der Waals surface area (Å²) in [7, 11) is 1.92. The van der Waals surface area contributed by atoms with E-state index in [1.165, 1.54) is 10.8 Å². The minimum Gasteiger partial charge on any atom is -0.669 e. The molecule has 0 N–H and O–H groups in total. The van der Waals surface area contributed by atoms with Gasteiger partial charge in [0.2, 0.25) is 6.20 Å². The van der Waals surface area contributed by atoms with Crippen LogP contribution < -0.4 is 9.47 Å². The molecular formula is C47H28N4O2Pt2+2. The molecule has 6 aromatic carbocycles. The van der Waals surface area contributed by atoms with Gasteiger partial charge in [-0.2, -0.15) is 36.4 Å². The molecule has 0 bridgehead atoms. The quantitative estimate of drug-likeness (QED) is 0.0908. The third-order valence-electron chi connectivity index (χ3n) is 8.34. The van der Waals surface area contributed by atoms with E-state index < -0.39 is 0 Å². The summed E-state index contributed by atoms with van der Waals surface area (Å²) >= 11 is 0. The molecule has 55 heavy (non-hydrogen) atoms. The molecule has 1 aliphatic rings. The van der Waals surface area contributed by atoms with Gasteiger partial charge in [0.1, 0.15) is 5.69 Å². The van der Waals surface area contributed by atoms with Gasteiger partial charge in [0, 0.05) is 33.8 Å². The summed E-state index contributed by atoms with van der Waals surface area (Å²) in [5.74, 6) is 2.38. The van der Waals surface area contributed by atoms with Crippen LogP contribution in [0.1, 0.15) is 0 Å². The van der Waals surface area contributed by atoms with E-state index in [-0.39, 0.29) is 42.1 Å².